The molecule has 0 aliphatic carbocycles. The van der Waals surface area contributed by atoms with Crippen molar-refractivity contribution in [3.63, 3.8) is 0 Å². The predicted octanol–water partition coefficient (Wildman–Crippen LogP) is 1.47. The Hall–Kier alpha value is -3.22. The van der Waals surface area contributed by atoms with Gasteiger partial charge >= 0.3 is 12.0 Å². The fourth-order valence-electron chi connectivity index (χ4n) is 1.43. The third kappa shape index (κ3) is 4.13. The summed E-state index contributed by atoms with van der Waals surface area (Å²) in [5, 5.41) is 8.50. The Kier molecular flexibility index (Phi) is 4.25. The van der Waals surface area contributed by atoms with Gasteiger partial charge < -0.3 is 15.6 Å². The maximum atomic E-state index is 10.9. The highest BCUT2D eigenvalue weighted by molar-refractivity contribution is 5.92. The Balaban J connectivity index is 2.06. The largest absolute Gasteiger partial charge is 0.478 e. The van der Waals surface area contributed by atoms with E-state index in [-0.39, 0.29) is 6.01 Å². The van der Waals surface area contributed by atoms with Gasteiger partial charge in [-0.2, -0.15) is 0 Å². The molecule has 2 rings (SSSR count). The molecule has 1 aromatic heterocycles. The molecule has 1 aromatic carbocycles. The van der Waals surface area contributed by atoms with E-state index in [9.17, 15) is 9.59 Å². The number of nitrogens with two attached hydrogens (primary N) is 1. The smallest absolute Gasteiger partial charge is 0.328 e. The predicted molar refractivity (Wildman–Crippen MR) is 73.7 cm³/mol. The number of aromatic nitrogens is 2. The monoisotopic (exact) mass is 285 g/mol. The summed E-state index contributed by atoms with van der Waals surface area (Å²) in [6.45, 7) is 0. The van der Waals surface area contributed by atoms with Crippen molar-refractivity contribution in [2.45, 2.75) is 0 Å². The minimum Gasteiger partial charge on any atom is -0.478 e. The molecule has 21 heavy (non-hydrogen) atoms. The van der Waals surface area contributed by atoms with Crippen molar-refractivity contribution in [3.8, 4) is 11.8 Å². The van der Waals surface area contributed by atoms with Crippen LogP contribution in [-0.2, 0) is 4.79 Å². The lowest BCUT2D eigenvalue weighted by Crippen LogP contribution is -2.10. The molecule has 7 heteroatoms. The first-order valence-corrected chi connectivity index (χ1v) is 5.85. The molecule has 0 unspecified atom stereocenters. The van der Waals surface area contributed by atoms with Gasteiger partial charge in [0.2, 0.25) is 5.91 Å². The molecule has 0 saturated carbocycles. The van der Waals surface area contributed by atoms with Crippen LogP contribution in [0.3, 0.4) is 0 Å². The molecule has 0 radical (unpaired) electrons. The minimum absolute atomic E-state index is 0.106. The molecule has 0 aliphatic heterocycles. The SMILES string of the molecule is NC(=O)c1ccc(Oc2ncc(/C=C/C(=O)O)cn2)cc1. The lowest BCUT2D eigenvalue weighted by Gasteiger charge is -2.04. The first kappa shape index (κ1) is 14.2. The number of carbonyl (C=O) groups is 2. The molecule has 0 fully saturated rings. The summed E-state index contributed by atoms with van der Waals surface area (Å²) in [6.07, 6.45) is 5.22. The van der Waals surface area contributed by atoms with Gasteiger partial charge in [0.05, 0.1) is 0 Å². The highest BCUT2D eigenvalue weighted by Gasteiger charge is 2.03. The van der Waals surface area contributed by atoms with Gasteiger partial charge in [-0.1, -0.05) is 0 Å². The van der Waals surface area contributed by atoms with Crippen molar-refractivity contribution in [1.29, 1.82) is 0 Å². The summed E-state index contributed by atoms with van der Waals surface area (Å²) in [7, 11) is 0. The molecular formula is C14H11N3O4. The zero-order valence-electron chi connectivity index (χ0n) is 10.8. The average Bonchev–Trinajstić information content (AvgIpc) is 2.47. The van der Waals surface area contributed by atoms with E-state index in [0.717, 1.165) is 6.08 Å². The highest BCUT2D eigenvalue weighted by Crippen LogP contribution is 2.18. The lowest BCUT2D eigenvalue weighted by molar-refractivity contribution is -0.131. The number of nitrogens with zero attached hydrogens (tertiary/aromatic N) is 2. The quantitative estimate of drug-likeness (QED) is 0.803. The maximum Gasteiger partial charge on any atom is 0.328 e. The molecule has 2 aromatic rings. The summed E-state index contributed by atoms with van der Waals surface area (Å²) >= 11 is 0. The number of amides is 1. The number of hydrogen-bond acceptors (Lipinski definition) is 5. The Morgan fingerprint density at radius 2 is 1.76 bits per heavy atom. The van der Waals surface area contributed by atoms with E-state index < -0.39 is 11.9 Å². The van der Waals surface area contributed by atoms with Crippen LogP contribution in [0.4, 0.5) is 0 Å². The van der Waals surface area contributed by atoms with Crippen LogP contribution in [0.2, 0.25) is 0 Å². The number of carboxylic acids is 1. The highest BCUT2D eigenvalue weighted by atomic mass is 16.5. The maximum absolute atomic E-state index is 10.9. The van der Waals surface area contributed by atoms with Gasteiger partial charge in [0.1, 0.15) is 5.75 Å². The standard InChI is InChI=1S/C14H11N3O4/c15-13(20)10-2-4-11(5-3-10)21-14-16-7-9(8-17-14)1-6-12(18)19/h1-8H,(H2,15,20)(H,18,19)/b6-1+. The van der Waals surface area contributed by atoms with E-state index in [1.54, 1.807) is 12.1 Å². The summed E-state index contributed by atoms with van der Waals surface area (Å²) in [5.74, 6) is -1.12. The van der Waals surface area contributed by atoms with Crippen LogP contribution in [0.5, 0.6) is 11.8 Å². The number of rotatable bonds is 5. The number of hydrogen-bond donors (Lipinski definition) is 2. The minimum atomic E-state index is -1.05. The van der Waals surface area contributed by atoms with E-state index in [1.165, 1.54) is 30.6 Å². The summed E-state index contributed by atoms with van der Waals surface area (Å²) in [6, 6.07) is 6.31. The van der Waals surface area contributed by atoms with Crippen LogP contribution in [-0.4, -0.2) is 27.0 Å². The molecule has 7 nitrogen and oxygen atoms in total. The summed E-state index contributed by atoms with van der Waals surface area (Å²) in [5.41, 5.74) is 6.04. The Morgan fingerprint density at radius 3 is 2.29 bits per heavy atom. The molecule has 0 bridgehead atoms. The molecule has 106 valence electrons. The Bertz CT molecular complexity index is 678. The van der Waals surface area contributed by atoms with E-state index in [2.05, 4.69) is 9.97 Å². The van der Waals surface area contributed by atoms with E-state index >= 15 is 0 Å². The van der Waals surface area contributed by atoms with Gasteiger partial charge in [0.25, 0.3) is 0 Å². The van der Waals surface area contributed by atoms with Crippen molar-refractivity contribution in [2.24, 2.45) is 5.73 Å². The van der Waals surface area contributed by atoms with Gasteiger partial charge in [-0.15, -0.1) is 0 Å². The normalized spacial score (nSPS) is 10.5. The molecule has 1 amide bonds. The number of carboxylic acid groups (broad SMARTS) is 1. The lowest BCUT2D eigenvalue weighted by atomic mass is 10.2. The van der Waals surface area contributed by atoms with Crippen LogP contribution >= 0.6 is 0 Å². The van der Waals surface area contributed by atoms with Crippen LogP contribution in [0.25, 0.3) is 6.08 Å². The number of aliphatic carboxylic acids is 1. The van der Waals surface area contributed by atoms with Gasteiger partial charge in [-0.3, -0.25) is 4.79 Å². The fraction of sp³-hybridized carbons (Fsp3) is 0. The average molecular weight is 285 g/mol. The first-order chi connectivity index (χ1) is 10.0. The zero-order valence-corrected chi connectivity index (χ0v) is 10.8. The van der Waals surface area contributed by atoms with E-state index in [4.69, 9.17) is 15.6 Å². The second-order valence-electron chi connectivity index (χ2n) is 3.96. The van der Waals surface area contributed by atoms with Gasteiger partial charge in [0.15, 0.2) is 0 Å². The second-order valence-corrected chi connectivity index (χ2v) is 3.96. The third-order valence-electron chi connectivity index (χ3n) is 2.41. The van der Waals surface area contributed by atoms with Gasteiger partial charge in [-0.25, -0.2) is 14.8 Å². The first-order valence-electron chi connectivity index (χ1n) is 5.85. The van der Waals surface area contributed by atoms with E-state index in [0.29, 0.717) is 16.9 Å². The number of primary amides is 1. The van der Waals surface area contributed by atoms with Crippen LogP contribution in [0.15, 0.2) is 42.7 Å². The van der Waals surface area contributed by atoms with Crippen molar-refractivity contribution in [1.82, 2.24) is 9.97 Å². The molecule has 0 spiro atoms. The van der Waals surface area contributed by atoms with Crippen molar-refractivity contribution < 1.29 is 19.4 Å². The fourth-order valence-corrected chi connectivity index (χ4v) is 1.43. The number of ether oxygens (including phenoxy) is 1. The van der Waals surface area contributed by atoms with Crippen LogP contribution in [0, 0.1) is 0 Å². The van der Waals surface area contributed by atoms with E-state index in [1.807, 2.05) is 0 Å². The molecule has 0 saturated heterocycles. The Labute approximate surface area is 119 Å². The summed E-state index contributed by atoms with van der Waals surface area (Å²) < 4.78 is 5.38. The molecule has 1 heterocycles. The van der Waals surface area contributed by atoms with Crippen molar-refractivity contribution in [3.05, 3.63) is 53.9 Å². The summed E-state index contributed by atoms with van der Waals surface area (Å²) in [4.78, 5) is 29.2. The van der Waals surface area contributed by atoms with Crippen LogP contribution < -0.4 is 10.5 Å². The Morgan fingerprint density at radius 1 is 1.14 bits per heavy atom. The van der Waals surface area contributed by atoms with Crippen molar-refractivity contribution in [2.75, 3.05) is 0 Å². The molecule has 0 atom stereocenters. The molecular weight excluding hydrogens is 274 g/mol. The number of benzene rings is 1. The topological polar surface area (TPSA) is 115 Å². The van der Waals surface area contributed by atoms with Crippen molar-refractivity contribution >= 4 is 18.0 Å². The van der Waals surface area contributed by atoms with Gasteiger partial charge in [-0.05, 0) is 30.3 Å². The number of carbonyl (C=O) groups excluding carboxylic acids is 1. The van der Waals surface area contributed by atoms with Gasteiger partial charge in [0, 0.05) is 29.6 Å². The second kappa shape index (κ2) is 6.29. The third-order valence-corrected chi connectivity index (χ3v) is 2.41. The molecule has 0 aliphatic rings. The van der Waals surface area contributed by atoms with Crippen LogP contribution in [0.1, 0.15) is 15.9 Å². The zero-order chi connectivity index (χ0) is 15.2. The molecule has 3 N–H and O–H groups in total.